The zero-order valence-electron chi connectivity index (χ0n) is 18.5. The molecular formula is C23H28N4O6. The number of non-ortho nitro benzene ring substituents is 1. The van der Waals surface area contributed by atoms with Crippen LogP contribution in [0.3, 0.4) is 0 Å². The highest BCUT2D eigenvalue weighted by molar-refractivity contribution is 5.90. The smallest absolute Gasteiger partial charge is 0.408 e. The number of primary amides is 1. The molecule has 0 saturated carbocycles. The van der Waals surface area contributed by atoms with Gasteiger partial charge < -0.3 is 21.1 Å². The first kappa shape index (κ1) is 25.3. The SMILES string of the molecule is CC(C)C[C@H](NC(=O)OCc1ccccc1)C(=O)N[C@@H](Cc1ccc([N+](=O)[O-])cc1)C(N)=O. The largest absolute Gasteiger partial charge is 0.445 e. The molecule has 2 rings (SSSR count). The Morgan fingerprint density at radius 3 is 2.15 bits per heavy atom. The van der Waals surface area contributed by atoms with E-state index in [1.54, 1.807) is 12.1 Å². The molecule has 2 aromatic rings. The molecule has 33 heavy (non-hydrogen) atoms. The first-order valence-corrected chi connectivity index (χ1v) is 10.5. The van der Waals surface area contributed by atoms with Gasteiger partial charge in [0.15, 0.2) is 0 Å². The van der Waals surface area contributed by atoms with E-state index in [9.17, 15) is 24.5 Å². The van der Waals surface area contributed by atoms with Crippen LogP contribution in [0.2, 0.25) is 0 Å². The number of nitro benzene ring substituents is 1. The van der Waals surface area contributed by atoms with Gasteiger partial charge in [-0.15, -0.1) is 0 Å². The summed E-state index contributed by atoms with van der Waals surface area (Å²) >= 11 is 0. The number of nitrogens with zero attached hydrogens (tertiary/aromatic N) is 1. The van der Waals surface area contributed by atoms with E-state index in [2.05, 4.69) is 10.6 Å². The van der Waals surface area contributed by atoms with Crippen LogP contribution in [-0.2, 0) is 27.4 Å². The van der Waals surface area contributed by atoms with Crippen molar-refractivity contribution in [1.82, 2.24) is 10.6 Å². The Hall–Kier alpha value is -3.95. The average Bonchev–Trinajstić information content (AvgIpc) is 2.77. The summed E-state index contributed by atoms with van der Waals surface area (Å²) in [6, 6.07) is 12.7. The number of nitro groups is 1. The van der Waals surface area contributed by atoms with E-state index in [4.69, 9.17) is 10.5 Å². The van der Waals surface area contributed by atoms with Crippen molar-refractivity contribution in [2.45, 2.75) is 45.4 Å². The molecule has 10 heteroatoms. The number of amides is 3. The molecule has 0 fully saturated rings. The van der Waals surface area contributed by atoms with Gasteiger partial charge in [0.1, 0.15) is 18.7 Å². The molecule has 0 spiro atoms. The summed E-state index contributed by atoms with van der Waals surface area (Å²) in [6.07, 6.45) is -0.396. The molecule has 0 unspecified atom stereocenters. The number of carbonyl (C=O) groups is 3. The molecule has 0 bridgehead atoms. The third-order valence-corrected chi connectivity index (χ3v) is 4.78. The minimum Gasteiger partial charge on any atom is -0.445 e. The van der Waals surface area contributed by atoms with Crippen molar-refractivity contribution in [1.29, 1.82) is 0 Å². The fourth-order valence-electron chi connectivity index (χ4n) is 3.09. The first-order chi connectivity index (χ1) is 15.7. The molecule has 0 heterocycles. The van der Waals surface area contributed by atoms with Gasteiger partial charge in [-0.25, -0.2) is 4.79 Å². The Morgan fingerprint density at radius 1 is 0.970 bits per heavy atom. The number of benzene rings is 2. The van der Waals surface area contributed by atoms with Gasteiger partial charge in [-0.1, -0.05) is 56.3 Å². The van der Waals surface area contributed by atoms with E-state index in [0.717, 1.165) is 5.56 Å². The van der Waals surface area contributed by atoms with Crippen molar-refractivity contribution >= 4 is 23.6 Å². The molecule has 0 aliphatic rings. The zero-order chi connectivity index (χ0) is 24.4. The molecule has 176 valence electrons. The maximum atomic E-state index is 12.9. The second kappa shape index (κ2) is 12.2. The summed E-state index contributed by atoms with van der Waals surface area (Å²) in [5.41, 5.74) is 6.75. The van der Waals surface area contributed by atoms with Gasteiger partial charge in [0.2, 0.25) is 11.8 Å². The van der Waals surface area contributed by atoms with Crippen LogP contribution in [0.5, 0.6) is 0 Å². The summed E-state index contributed by atoms with van der Waals surface area (Å²) in [7, 11) is 0. The van der Waals surface area contributed by atoms with Gasteiger partial charge in [-0.3, -0.25) is 19.7 Å². The molecule has 0 aromatic heterocycles. The van der Waals surface area contributed by atoms with Crippen molar-refractivity contribution in [3.63, 3.8) is 0 Å². The summed E-state index contributed by atoms with van der Waals surface area (Å²) < 4.78 is 5.19. The first-order valence-electron chi connectivity index (χ1n) is 10.5. The molecule has 0 radical (unpaired) electrons. The highest BCUT2D eigenvalue weighted by Crippen LogP contribution is 2.14. The third kappa shape index (κ3) is 8.60. The number of ether oxygens (including phenoxy) is 1. The van der Waals surface area contributed by atoms with E-state index in [-0.39, 0.29) is 24.6 Å². The quantitative estimate of drug-likeness (QED) is 0.349. The molecule has 3 amide bonds. The number of hydrogen-bond donors (Lipinski definition) is 3. The molecule has 0 aliphatic heterocycles. The van der Waals surface area contributed by atoms with Gasteiger partial charge in [-0.2, -0.15) is 0 Å². The minimum atomic E-state index is -1.06. The van der Waals surface area contributed by atoms with Crippen LogP contribution in [-0.4, -0.2) is 34.9 Å². The van der Waals surface area contributed by atoms with Gasteiger partial charge in [0.25, 0.3) is 5.69 Å². The lowest BCUT2D eigenvalue weighted by molar-refractivity contribution is -0.384. The Bertz CT molecular complexity index is 963. The second-order valence-electron chi connectivity index (χ2n) is 7.98. The topological polar surface area (TPSA) is 154 Å². The minimum absolute atomic E-state index is 0.0475. The third-order valence-electron chi connectivity index (χ3n) is 4.78. The van der Waals surface area contributed by atoms with Crippen molar-refractivity contribution in [2.24, 2.45) is 11.7 Å². The Kier molecular flexibility index (Phi) is 9.34. The second-order valence-corrected chi connectivity index (χ2v) is 7.98. The van der Waals surface area contributed by atoms with Crippen molar-refractivity contribution in [3.05, 3.63) is 75.8 Å². The summed E-state index contributed by atoms with van der Waals surface area (Å²) in [4.78, 5) is 47.3. The van der Waals surface area contributed by atoms with E-state index < -0.39 is 34.9 Å². The van der Waals surface area contributed by atoms with E-state index in [1.807, 2.05) is 32.0 Å². The normalized spacial score (nSPS) is 12.5. The van der Waals surface area contributed by atoms with Crippen molar-refractivity contribution in [2.75, 3.05) is 0 Å². The molecule has 0 saturated heterocycles. The maximum absolute atomic E-state index is 12.9. The number of carbonyl (C=O) groups excluding carboxylic acids is 3. The molecule has 2 atom stereocenters. The van der Waals surface area contributed by atoms with Crippen LogP contribution < -0.4 is 16.4 Å². The highest BCUT2D eigenvalue weighted by atomic mass is 16.6. The standard InChI is InChI=1S/C23H28N4O6/c1-15(2)12-20(26-23(30)33-14-17-6-4-3-5-7-17)22(29)25-19(21(24)28)13-16-8-10-18(11-9-16)27(31)32/h3-11,15,19-20H,12-14H2,1-2H3,(H2,24,28)(H,25,29)(H,26,30)/t19-,20-/m0/s1. The van der Waals surface area contributed by atoms with Gasteiger partial charge >= 0.3 is 6.09 Å². The number of hydrogen-bond acceptors (Lipinski definition) is 6. The van der Waals surface area contributed by atoms with Gasteiger partial charge in [0.05, 0.1) is 4.92 Å². The number of rotatable bonds is 11. The predicted molar refractivity (Wildman–Crippen MR) is 121 cm³/mol. The summed E-state index contributed by atoms with van der Waals surface area (Å²) in [6.45, 7) is 3.83. The van der Waals surface area contributed by atoms with E-state index >= 15 is 0 Å². The highest BCUT2D eigenvalue weighted by Gasteiger charge is 2.27. The molecule has 10 nitrogen and oxygen atoms in total. The Morgan fingerprint density at radius 2 is 1.61 bits per heavy atom. The van der Waals surface area contributed by atoms with Crippen molar-refractivity contribution < 1.29 is 24.0 Å². The number of nitrogens with two attached hydrogens (primary N) is 1. The monoisotopic (exact) mass is 456 g/mol. The van der Waals surface area contributed by atoms with Crippen LogP contribution >= 0.6 is 0 Å². The van der Waals surface area contributed by atoms with Crippen LogP contribution in [0, 0.1) is 16.0 Å². The van der Waals surface area contributed by atoms with Crippen molar-refractivity contribution in [3.8, 4) is 0 Å². The lowest BCUT2D eigenvalue weighted by atomic mass is 10.0. The Balaban J connectivity index is 2.01. The van der Waals surface area contributed by atoms with Crippen LogP contribution in [0.15, 0.2) is 54.6 Å². The predicted octanol–water partition coefficient (Wildman–Crippen LogP) is 2.45. The van der Waals surface area contributed by atoms with Crippen LogP contribution in [0.25, 0.3) is 0 Å². The fourth-order valence-corrected chi connectivity index (χ4v) is 3.09. The fraction of sp³-hybridized carbons (Fsp3) is 0.348. The molecule has 0 aliphatic carbocycles. The van der Waals surface area contributed by atoms with E-state index in [0.29, 0.717) is 12.0 Å². The van der Waals surface area contributed by atoms with Crippen LogP contribution in [0.1, 0.15) is 31.4 Å². The number of alkyl carbamates (subject to hydrolysis) is 1. The maximum Gasteiger partial charge on any atom is 0.408 e. The molecule has 2 aromatic carbocycles. The summed E-state index contributed by atoms with van der Waals surface area (Å²) in [5.74, 6) is -1.28. The van der Waals surface area contributed by atoms with Gasteiger partial charge in [-0.05, 0) is 23.5 Å². The average molecular weight is 456 g/mol. The van der Waals surface area contributed by atoms with Crippen LogP contribution in [0.4, 0.5) is 10.5 Å². The molecule has 4 N–H and O–H groups in total. The summed E-state index contributed by atoms with van der Waals surface area (Å²) in [5, 5.41) is 15.9. The zero-order valence-corrected chi connectivity index (χ0v) is 18.5. The lowest BCUT2D eigenvalue weighted by Crippen LogP contribution is -2.54. The lowest BCUT2D eigenvalue weighted by Gasteiger charge is -2.23. The van der Waals surface area contributed by atoms with E-state index in [1.165, 1.54) is 24.3 Å². The van der Waals surface area contributed by atoms with Gasteiger partial charge in [0, 0.05) is 18.6 Å². The Labute approximate surface area is 191 Å². The number of nitrogens with one attached hydrogen (secondary N) is 2. The molecular weight excluding hydrogens is 428 g/mol.